The summed E-state index contributed by atoms with van der Waals surface area (Å²) in [6.07, 6.45) is 3.41. The fraction of sp³-hybridized carbons (Fsp3) is 0.562. The topological polar surface area (TPSA) is 56.8 Å². The van der Waals surface area contributed by atoms with Gasteiger partial charge in [0.25, 0.3) is 0 Å². The summed E-state index contributed by atoms with van der Waals surface area (Å²) in [5.74, 6) is 1.53. The maximum Gasteiger partial charge on any atom is 0.220 e. The summed E-state index contributed by atoms with van der Waals surface area (Å²) in [5, 5.41) is 2.93. The highest BCUT2D eigenvalue weighted by atomic mass is 16.5. The SMILES string of the molecule is COc1cc(CCC(=O)NCC2CCCO2)cc(OC)c1. The molecule has 1 fully saturated rings. The van der Waals surface area contributed by atoms with Crippen LogP contribution in [-0.4, -0.2) is 39.4 Å². The van der Waals surface area contributed by atoms with Crippen LogP contribution in [0.2, 0.25) is 0 Å². The number of rotatable bonds is 7. The number of carbonyl (C=O) groups excluding carboxylic acids is 1. The van der Waals surface area contributed by atoms with Gasteiger partial charge in [-0.2, -0.15) is 0 Å². The summed E-state index contributed by atoms with van der Waals surface area (Å²) in [7, 11) is 3.24. The molecule has 1 aromatic carbocycles. The van der Waals surface area contributed by atoms with Crippen molar-refractivity contribution in [3.8, 4) is 11.5 Å². The van der Waals surface area contributed by atoms with Gasteiger partial charge in [0.1, 0.15) is 11.5 Å². The van der Waals surface area contributed by atoms with Crippen molar-refractivity contribution in [2.45, 2.75) is 31.8 Å². The molecule has 0 radical (unpaired) electrons. The molecule has 5 nitrogen and oxygen atoms in total. The van der Waals surface area contributed by atoms with E-state index < -0.39 is 0 Å². The van der Waals surface area contributed by atoms with Crippen LogP contribution in [0.5, 0.6) is 11.5 Å². The van der Waals surface area contributed by atoms with Crippen molar-refractivity contribution in [2.75, 3.05) is 27.4 Å². The van der Waals surface area contributed by atoms with Gasteiger partial charge in [0.15, 0.2) is 0 Å². The van der Waals surface area contributed by atoms with E-state index in [0.29, 0.717) is 19.4 Å². The van der Waals surface area contributed by atoms with Gasteiger partial charge in [0.05, 0.1) is 20.3 Å². The number of nitrogens with one attached hydrogen (secondary N) is 1. The number of hydrogen-bond acceptors (Lipinski definition) is 4. The third-order valence-corrected chi connectivity index (χ3v) is 3.60. The maximum atomic E-state index is 11.9. The van der Waals surface area contributed by atoms with Gasteiger partial charge < -0.3 is 19.5 Å². The molecule has 2 rings (SSSR count). The standard InChI is InChI=1S/C16H23NO4/c1-19-14-8-12(9-15(10-14)20-2)5-6-16(18)17-11-13-4-3-7-21-13/h8-10,13H,3-7,11H2,1-2H3,(H,17,18). The largest absolute Gasteiger partial charge is 0.497 e. The number of ether oxygens (including phenoxy) is 3. The van der Waals surface area contributed by atoms with Crippen LogP contribution in [0.25, 0.3) is 0 Å². The number of carbonyl (C=O) groups is 1. The van der Waals surface area contributed by atoms with Gasteiger partial charge in [-0.15, -0.1) is 0 Å². The Kier molecular flexibility index (Phi) is 5.87. The third-order valence-electron chi connectivity index (χ3n) is 3.60. The van der Waals surface area contributed by atoms with Crippen molar-refractivity contribution >= 4 is 5.91 Å². The molecule has 1 heterocycles. The predicted octanol–water partition coefficient (Wildman–Crippen LogP) is 1.93. The van der Waals surface area contributed by atoms with E-state index in [-0.39, 0.29) is 12.0 Å². The molecule has 1 aromatic rings. The highest BCUT2D eigenvalue weighted by molar-refractivity contribution is 5.76. The molecule has 1 saturated heterocycles. The molecule has 0 spiro atoms. The van der Waals surface area contributed by atoms with Crippen LogP contribution in [0.1, 0.15) is 24.8 Å². The number of methoxy groups -OCH3 is 2. The second-order valence-electron chi connectivity index (χ2n) is 5.16. The lowest BCUT2D eigenvalue weighted by molar-refractivity contribution is -0.121. The van der Waals surface area contributed by atoms with E-state index in [1.807, 2.05) is 18.2 Å². The Labute approximate surface area is 125 Å². The van der Waals surface area contributed by atoms with Gasteiger partial charge >= 0.3 is 0 Å². The molecular formula is C16H23NO4. The Hall–Kier alpha value is -1.75. The first kappa shape index (κ1) is 15.6. The normalized spacial score (nSPS) is 17.5. The molecule has 0 bridgehead atoms. The molecule has 0 aliphatic carbocycles. The average molecular weight is 293 g/mol. The first-order valence-electron chi connectivity index (χ1n) is 7.31. The quantitative estimate of drug-likeness (QED) is 0.834. The van der Waals surface area contributed by atoms with Gasteiger partial charge in [-0.25, -0.2) is 0 Å². The summed E-state index contributed by atoms with van der Waals surface area (Å²) < 4.78 is 15.9. The van der Waals surface area contributed by atoms with Crippen LogP contribution in [0.4, 0.5) is 0 Å². The van der Waals surface area contributed by atoms with E-state index in [2.05, 4.69) is 5.32 Å². The number of aryl methyl sites for hydroxylation is 1. The van der Waals surface area contributed by atoms with E-state index in [4.69, 9.17) is 14.2 Å². The second-order valence-corrected chi connectivity index (χ2v) is 5.16. The zero-order valence-electron chi connectivity index (χ0n) is 12.7. The maximum absolute atomic E-state index is 11.9. The Balaban J connectivity index is 1.79. The van der Waals surface area contributed by atoms with Crippen LogP contribution in [0.15, 0.2) is 18.2 Å². The minimum absolute atomic E-state index is 0.0484. The first-order chi connectivity index (χ1) is 10.2. The Morgan fingerprint density at radius 1 is 1.29 bits per heavy atom. The Morgan fingerprint density at radius 2 is 2.00 bits per heavy atom. The highest BCUT2D eigenvalue weighted by Crippen LogP contribution is 2.23. The van der Waals surface area contributed by atoms with E-state index in [1.54, 1.807) is 14.2 Å². The molecule has 1 atom stereocenters. The van der Waals surface area contributed by atoms with Crippen molar-refractivity contribution in [1.82, 2.24) is 5.32 Å². The molecule has 5 heteroatoms. The monoisotopic (exact) mass is 293 g/mol. The van der Waals surface area contributed by atoms with Crippen molar-refractivity contribution in [2.24, 2.45) is 0 Å². The van der Waals surface area contributed by atoms with Gasteiger partial charge in [-0.3, -0.25) is 4.79 Å². The lowest BCUT2D eigenvalue weighted by atomic mass is 10.1. The molecule has 1 amide bonds. The van der Waals surface area contributed by atoms with Crippen molar-refractivity contribution in [3.63, 3.8) is 0 Å². The Morgan fingerprint density at radius 3 is 2.57 bits per heavy atom. The minimum Gasteiger partial charge on any atom is -0.497 e. The number of benzene rings is 1. The fourth-order valence-corrected chi connectivity index (χ4v) is 2.39. The molecule has 1 aliphatic heterocycles. The molecule has 0 saturated carbocycles. The molecule has 1 N–H and O–H groups in total. The molecule has 116 valence electrons. The van der Waals surface area contributed by atoms with Crippen LogP contribution in [-0.2, 0) is 16.0 Å². The molecular weight excluding hydrogens is 270 g/mol. The van der Waals surface area contributed by atoms with Gasteiger partial charge in [-0.1, -0.05) is 0 Å². The van der Waals surface area contributed by atoms with Gasteiger partial charge in [-0.05, 0) is 37.0 Å². The minimum atomic E-state index is 0.0484. The van der Waals surface area contributed by atoms with Crippen LogP contribution >= 0.6 is 0 Å². The molecule has 21 heavy (non-hydrogen) atoms. The van der Waals surface area contributed by atoms with Gasteiger partial charge in [0, 0.05) is 25.6 Å². The molecule has 1 unspecified atom stereocenters. The van der Waals surface area contributed by atoms with Crippen molar-refractivity contribution in [1.29, 1.82) is 0 Å². The highest BCUT2D eigenvalue weighted by Gasteiger charge is 2.16. The zero-order chi connectivity index (χ0) is 15.1. The van der Waals surface area contributed by atoms with Crippen LogP contribution in [0.3, 0.4) is 0 Å². The lowest BCUT2D eigenvalue weighted by Crippen LogP contribution is -2.31. The molecule has 0 aromatic heterocycles. The summed E-state index contributed by atoms with van der Waals surface area (Å²) in [5.41, 5.74) is 1.03. The third kappa shape index (κ3) is 4.93. The smallest absolute Gasteiger partial charge is 0.220 e. The first-order valence-corrected chi connectivity index (χ1v) is 7.31. The van der Waals surface area contributed by atoms with Crippen LogP contribution in [0, 0.1) is 0 Å². The number of hydrogen-bond donors (Lipinski definition) is 1. The van der Waals surface area contributed by atoms with Crippen LogP contribution < -0.4 is 14.8 Å². The summed E-state index contributed by atoms with van der Waals surface area (Å²) >= 11 is 0. The molecule has 1 aliphatic rings. The van der Waals surface area contributed by atoms with E-state index >= 15 is 0 Å². The average Bonchev–Trinajstić information content (AvgIpc) is 3.03. The summed E-state index contributed by atoms with van der Waals surface area (Å²) in [6.45, 7) is 1.42. The summed E-state index contributed by atoms with van der Waals surface area (Å²) in [4.78, 5) is 11.9. The Bertz CT molecular complexity index is 447. The summed E-state index contributed by atoms with van der Waals surface area (Å²) in [6, 6.07) is 5.67. The lowest BCUT2D eigenvalue weighted by Gasteiger charge is -2.11. The fourth-order valence-electron chi connectivity index (χ4n) is 2.39. The van der Waals surface area contributed by atoms with E-state index in [1.165, 1.54) is 0 Å². The second kappa shape index (κ2) is 7.88. The van der Waals surface area contributed by atoms with Gasteiger partial charge in [0.2, 0.25) is 5.91 Å². The predicted molar refractivity (Wildman–Crippen MR) is 79.9 cm³/mol. The van der Waals surface area contributed by atoms with Crippen molar-refractivity contribution < 1.29 is 19.0 Å². The van der Waals surface area contributed by atoms with Crippen molar-refractivity contribution in [3.05, 3.63) is 23.8 Å². The van der Waals surface area contributed by atoms with E-state index in [9.17, 15) is 4.79 Å². The zero-order valence-corrected chi connectivity index (χ0v) is 12.7. The van der Waals surface area contributed by atoms with E-state index in [0.717, 1.165) is 36.5 Å². The number of amides is 1.